The van der Waals surface area contributed by atoms with E-state index >= 15 is 0 Å². The summed E-state index contributed by atoms with van der Waals surface area (Å²) in [4.78, 5) is 4.46. The van der Waals surface area contributed by atoms with Gasteiger partial charge in [0.05, 0.1) is 0 Å². The molecule has 1 N–H and O–H groups in total. The van der Waals surface area contributed by atoms with Crippen molar-refractivity contribution in [2.24, 2.45) is 0 Å². The number of hydrogen-bond donors (Lipinski definition) is 1. The molecule has 0 radical (unpaired) electrons. The van der Waals surface area contributed by atoms with Gasteiger partial charge in [0.25, 0.3) is 0 Å². The summed E-state index contributed by atoms with van der Waals surface area (Å²) in [5, 5.41) is 7.17. The number of hydrogen-bond acceptors (Lipinski definition) is 4. The Balaban J connectivity index is 1.91. The first-order chi connectivity index (χ1) is 8.86. The lowest BCUT2D eigenvalue weighted by Gasteiger charge is -2.18. The first kappa shape index (κ1) is 11.1. The van der Waals surface area contributed by atoms with Crippen LogP contribution in [0.25, 0.3) is 11.4 Å². The van der Waals surface area contributed by atoms with Crippen LogP contribution in [0.4, 0.5) is 0 Å². The molecular formula is C13H15N3O2. The van der Waals surface area contributed by atoms with Crippen LogP contribution in [0, 0.1) is 0 Å². The van der Waals surface area contributed by atoms with Crippen LogP contribution < -0.4 is 9.47 Å². The quantitative estimate of drug-likeness (QED) is 0.900. The second kappa shape index (κ2) is 4.68. The molecule has 0 amide bonds. The lowest BCUT2D eigenvalue weighted by Crippen LogP contribution is -2.15. The minimum absolute atomic E-state index is 0.589. The number of H-pyrrole nitrogens is 1. The Bertz CT molecular complexity index is 551. The highest BCUT2D eigenvalue weighted by Crippen LogP contribution is 2.33. The van der Waals surface area contributed by atoms with Crippen molar-refractivity contribution in [3.63, 3.8) is 0 Å². The molecule has 1 aromatic heterocycles. The highest BCUT2D eigenvalue weighted by atomic mass is 16.6. The zero-order valence-electron chi connectivity index (χ0n) is 10.3. The number of aryl methyl sites for hydroxylation is 1. The SMILES string of the molecule is CCCc1nc(-c2ccc3c(c2)OCCO3)n[nH]1. The molecule has 5 heteroatoms. The van der Waals surface area contributed by atoms with Crippen molar-refractivity contribution >= 4 is 0 Å². The Morgan fingerprint density at radius 2 is 2.06 bits per heavy atom. The van der Waals surface area contributed by atoms with Crippen LogP contribution in [0.3, 0.4) is 0 Å². The summed E-state index contributed by atoms with van der Waals surface area (Å²) in [5.74, 6) is 3.17. The van der Waals surface area contributed by atoms with Crippen LogP contribution in [-0.2, 0) is 6.42 Å². The van der Waals surface area contributed by atoms with Gasteiger partial charge in [-0.3, -0.25) is 5.10 Å². The molecule has 2 aromatic rings. The molecule has 0 unspecified atom stereocenters. The molecule has 2 heterocycles. The topological polar surface area (TPSA) is 60.0 Å². The zero-order valence-corrected chi connectivity index (χ0v) is 10.3. The van der Waals surface area contributed by atoms with Gasteiger partial charge in [0.2, 0.25) is 0 Å². The molecule has 5 nitrogen and oxygen atoms in total. The van der Waals surface area contributed by atoms with Gasteiger partial charge in [0.1, 0.15) is 19.0 Å². The highest BCUT2D eigenvalue weighted by Gasteiger charge is 2.14. The molecule has 0 saturated heterocycles. The Morgan fingerprint density at radius 1 is 1.22 bits per heavy atom. The molecule has 0 spiro atoms. The number of aromatic amines is 1. The largest absolute Gasteiger partial charge is 0.486 e. The fraction of sp³-hybridized carbons (Fsp3) is 0.385. The van der Waals surface area contributed by atoms with Crippen LogP contribution in [0.1, 0.15) is 19.2 Å². The third kappa shape index (κ3) is 2.03. The Hall–Kier alpha value is -2.04. The molecule has 1 aliphatic rings. The zero-order chi connectivity index (χ0) is 12.4. The van der Waals surface area contributed by atoms with Crippen molar-refractivity contribution in [3.8, 4) is 22.9 Å². The van der Waals surface area contributed by atoms with E-state index in [0.29, 0.717) is 19.0 Å². The summed E-state index contributed by atoms with van der Waals surface area (Å²) in [5.41, 5.74) is 0.942. The van der Waals surface area contributed by atoms with E-state index in [9.17, 15) is 0 Å². The summed E-state index contributed by atoms with van der Waals surface area (Å²) in [6, 6.07) is 5.78. The molecule has 0 aliphatic carbocycles. The van der Waals surface area contributed by atoms with E-state index in [-0.39, 0.29) is 0 Å². The van der Waals surface area contributed by atoms with E-state index in [1.807, 2.05) is 18.2 Å². The maximum atomic E-state index is 5.55. The number of fused-ring (bicyclic) bond motifs is 1. The van der Waals surface area contributed by atoms with Crippen molar-refractivity contribution in [2.45, 2.75) is 19.8 Å². The summed E-state index contributed by atoms with van der Waals surface area (Å²) >= 11 is 0. The lowest BCUT2D eigenvalue weighted by atomic mass is 10.2. The van der Waals surface area contributed by atoms with Gasteiger partial charge in [-0.1, -0.05) is 6.92 Å². The molecule has 94 valence electrons. The van der Waals surface area contributed by atoms with Crippen molar-refractivity contribution in [2.75, 3.05) is 13.2 Å². The molecule has 1 aromatic carbocycles. The summed E-state index contributed by atoms with van der Waals surface area (Å²) in [6.45, 7) is 3.31. The van der Waals surface area contributed by atoms with E-state index in [1.54, 1.807) is 0 Å². The van der Waals surface area contributed by atoms with Gasteiger partial charge < -0.3 is 9.47 Å². The molecule has 0 bridgehead atoms. The molecular weight excluding hydrogens is 230 g/mol. The Labute approximate surface area is 105 Å². The fourth-order valence-corrected chi connectivity index (χ4v) is 1.96. The van der Waals surface area contributed by atoms with E-state index < -0.39 is 0 Å². The van der Waals surface area contributed by atoms with Crippen LogP contribution >= 0.6 is 0 Å². The number of ether oxygens (including phenoxy) is 2. The third-order valence-electron chi connectivity index (χ3n) is 2.82. The molecule has 0 fully saturated rings. The number of nitrogens with one attached hydrogen (secondary N) is 1. The van der Waals surface area contributed by atoms with Crippen molar-refractivity contribution in [3.05, 3.63) is 24.0 Å². The Morgan fingerprint density at radius 3 is 2.89 bits per heavy atom. The second-order valence-corrected chi connectivity index (χ2v) is 4.21. The van der Waals surface area contributed by atoms with E-state index in [4.69, 9.17) is 9.47 Å². The van der Waals surface area contributed by atoms with Crippen LogP contribution in [0.5, 0.6) is 11.5 Å². The lowest BCUT2D eigenvalue weighted by molar-refractivity contribution is 0.171. The predicted octanol–water partition coefficient (Wildman–Crippen LogP) is 2.20. The number of rotatable bonds is 3. The van der Waals surface area contributed by atoms with Crippen molar-refractivity contribution in [1.82, 2.24) is 15.2 Å². The maximum absolute atomic E-state index is 5.55. The monoisotopic (exact) mass is 245 g/mol. The van der Waals surface area contributed by atoms with Gasteiger partial charge >= 0.3 is 0 Å². The average molecular weight is 245 g/mol. The van der Waals surface area contributed by atoms with Gasteiger partial charge in [-0.25, -0.2) is 4.98 Å². The van der Waals surface area contributed by atoms with Gasteiger partial charge in [-0.05, 0) is 24.6 Å². The van der Waals surface area contributed by atoms with E-state index in [1.165, 1.54) is 0 Å². The highest BCUT2D eigenvalue weighted by molar-refractivity contribution is 5.61. The molecule has 1 aliphatic heterocycles. The van der Waals surface area contributed by atoms with Crippen LogP contribution in [0.2, 0.25) is 0 Å². The van der Waals surface area contributed by atoms with Gasteiger partial charge in [0.15, 0.2) is 17.3 Å². The number of benzene rings is 1. The third-order valence-corrected chi connectivity index (χ3v) is 2.82. The normalized spacial score (nSPS) is 13.6. The smallest absolute Gasteiger partial charge is 0.181 e. The number of nitrogens with zero attached hydrogens (tertiary/aromatic N) is 2. The van der Waals surface area contributed by atoms with E-state index in [0.717, 1.165) is 35.7 Å². The second-order valence-electron chi connectivity index (χ2n) is 4.21. The van der Waals surface area contributed by atoms with Gasteiger partial charge in [0, 0.05) is 12.0 Å². The van der Waals surface area contributed by atoms with Crippen LogP contribution in [0.15, 0.2) is 18.2 Å². The minimum Gasteiger partial charge on any atom is -0.486 e. The summed E-state index contributed by atoms with van der Waals surface area (Å²) < 4.78 is 11.0. The van der Waals surface area contributed by atoms with Gasteiger partial charge in [-0.2, -0.15) is 5.10 Å². The fourth-order valence-electron chi connectivity index (χ4n) is 1.96. The first-order valence-corrected chi connectivity index (χ1v) is 6.18. The molecule has 3 rings (SSSR count). The molecule has 0 atom stereocenters. The average Bonchev–Trinajstić information content (AvgIpc) is 2.87. The molecule has 18 heavy (non-hydrogen) atoms. The van der Waals surface area contributed by atoms with Crippen molar-refractivity contribution < 1.29 is 9.47 Å². The van der Waals surface area contributed by atoms with Gasteiger partial charge in [-0.15, -0.1) is 0 Å². The summed E-state index contributed by atoms with van der Waals surface area (Å²) in [6.07, 6.45) is 1.97. The van der Waals surface area contributed by atoms with Crippen LogP contribution in [-0.4, -0.2) is 28.4 Å². The predicted molar refractivity (Wildman–Crippen MR) is 66.8 cm³/mol. The Kier molecular flexibility index (Phi) is 2.88. The minimum atomic E-state index is 0.589. The number of aromatic nitrogens is 3. The first-order valence-electron chi connectivity index (χ1n) is 6.18. The summed E-state index contributed by atoms with van der Waals surface area (Å²) in [7, 11) is 0. The van der Waals surface area contributed by atoms with Crippen molar-refractivity contribution in [1.29, 1.82) is 0 Å². The maximum Gasteiger partial charge on any atom is 0.181 e. The molecule has 0 saturated carbocycles. The standard InChI is InChI=1S/C13H15N3O2/c1-2-3-12-14-13(16-15-12)9-4-5-10-11(8-9)18-7-6-17-10/h4-5,8H,2-3,6-7H2,1H3,(H,14,15,16). The van der Waals surface area contributed by atoms with E-state index in [2.05, 4.69) is 22.1 Å².